The van der Waals surface area contributed by atoms with E-state index in [0.717, 1.165) is 5.56 Å². The van der Waals surface area contributed by atoms with Crippen LogP contribution in [0.3, 0.4) is 0 Å². The van der Waals surface area contributed by atoms with Crippen LogP contribution in [0.15, 0.2) is 53.4 Å². The molecule has 0 unspecified atom stereocenters. The van der Waals surface area contributed by atoms with Gasteiger partial charge in [0.05, 0.1) is 4.90 Å². The van der Waals surface area contributed by atoms with Crippen molar-refractivity contribution < 1.29 is 22.3 Å². The molecule has 0 bridgehead atoms. The Morgan fingerprint density at radius 1 is 1.07 bits per heavy atom. The third-order valence-electron chi connectivity index (χ3n) is 3.85. The van der Waals surface area contributed by atoms with Gasteiger partial charge in [-0.25, -0.2) is 12.8 Å². The zero-order valence-corrected chi connectivity index (χ0v) is 16.4. The molecule has 27 heavy (non-hydrogen) atoms. The quantitative estimate of drug-likeness (QED) is 0.738. The number of hydrogen-bond donors (Lipinski definition) is 2. The maximum atomic E-state index is 13.6. The number of ether oxygens (including phenoxy) is 1. The fourth-order valence-corrected chi connectivity index (χ4v) is 3.04. The Labute approximate surface area is 158 Å². The number of rotatable bonds is 6. The molecule has 2 N–H and O–H groups in total. The van der Waals surface area contributed by atoms with E-state index in [1.165, 1.54) is 37.3 Å². The summed E-state index contributed by atoms with van der Waals surface area (Å²) < 4.78 is 43.4. The van der Waals surface area contributed by atoms with Crippen LogP contribution in [-0.4, -0.2) is 20.4 Å². The van der Waals surface area contributed by atoms with Crippen molar-refractivity contribution >= 4 is 15.9 Å². The number of sulfonamides is 1. The number of hydrogen-bond acceptors (Lipinski definition) is 4. The van der Waals surface area contributed by atoms with E-state index in [1.807, 2.05) is 25.6 Å². The number of hydrazine groups is 1. The normalized spacial score (nSPS) is 13.1. The zero-order valence-electron chi connectivity index (χ0n) is 15.6. The van der Waals surface area contributed by atoms with Crippen LogP contribution in [0.1, 0.15) is 33.3 Å². The van der Waals surface area contributed by atoms with Gasteiger partial charge in [0.2, 0.25) is 0 Å². The molecule has 1 amide bonds. The Morgan fingerprint density at radius 3 is 2.22 bits per heavy atom. The van der Waals surface area contributed by atoms with Gasteiger partial charge >= 0.3 is 0 Å². The van der Waals surface area contributed by atoms with E-state index in [9.17, 15) is 17.6 Å². The van der Waals surface area contributed by atoms with E-state index in [1.54, 1.807) is 18.2 Å². The molecule has 0 spiro atoms. The van der Waals surface area contributed by atoms with Crippen molar-refractivity contribution in [1.82, 2.24) is 10.3 Å². The van der Waals surface area contributed by atoms with E-state index in [4.69, 9.17) is 4.74 Å². The molecule has 6 nitrogen and oxygen atoms in total. The van der Waals surface area contributed by atoms with Crippen LogP contribution in [0.4, 0.5) is 4.39 Å². The Balaban J connectivity index is 1.99. The molecule has 0 saturated heterocycles. The summed E-state index contributed by atoms with van der Waals surface area (Å²) in [4.78, 5) is 14.1. The summed E-state index contributed by atoms with van der Waals surface area (Å²) in [7, 11) is -3.94. The van der Waals surface area contributed by atoms with Gasteiger partial charge in [-0.1, -0.05) is 45.0 Å². The molecule has 0 heterocycles. The van der Waals surface area contributed by atoms with Gasteiger partial charge in [-0.15, -0.1) is 4.83 Å². The highest BCUT2D eigenvalue weighted by Gasteiger charge is 2.21. The molecule has 0 aliphatic rings. The molecule has 0 radical (unpaired) electrons. The summed E-state index contributed by atoms with van der Waals surface area (Å²) in [6.07, 6.45) is -1.10. The molecule has 146 valence electrons. The lowest BCUT2D eigenvalue weighted by molar-refractivity contribution is -0.127. The van der Waals surface area contributed by atoms with Crippen molar-refractivity contribution in [1.29, 1.82) is 0 Å². The van der Waals surface area contributed by atoms with Crippen molar-refractivity contribution in [2.45, 2.75) is 44.1 Å². The first-order valence-electron chi connectivity index (χ1n) is 8.34. The smallest absolute Gasteiger partial charge is 0.275 e. The summed E-state index contributed by atoms with van der Waals surface area (Å²) in [6, 6.07) is 12.0. The lowest BCUT2D eigenvalue weighted by atomic mass is 9.87. The predicted molar refractivity (Wildman–Crippen MR) is 100 cm³/mol. The molecule has 2 aromatic rings. The van der Waals surface area contributed by atoms with Crippen LogP contribution in [0.5, 0.6) is 5.75 Å². The van der Waals surface area contributed by atoms with Crippen molar-refractivity contribution in [3.63, 3.8) is 0 Å². The number of nitrogens with one attached hydrogen (secondary N) is 2. The van der Waals surface area contributed by atoms with E-state index in [2.05, 4.69) is 5.43 Å². The minimum absolute atomic E-state index is 0.0125. The summed E-state index contributed by atoms with van der Waals surface area (Å²) in [5, 5.41) is 0. The summed E-state index contributed by atoms with van der Waals surface area (Å²) in [5.41, 5.74) is 2.96. The van der Waals surface area contributed by atoms with E-state index >= 15 is 0 Å². The van der Waals surface area contributed by atoms with Gasteiger partial charge in [-0.3, -0.25) is 10.2 Å². The topological polar surface area (TPSA) is 84.5 Å². The first-order chi connectivity index (χ1) is 12.5. The van der Waals surface area contributed by atoms with Crippen molar-refractivity contribution in [2.75, 3.05) is 0 Å². The molecule has 0 aliphatic heterocycles. The highest BCUT2D eigenvalue weighted by atomic mass is 32.2. The van der Waals surface area contributed by atoms with Crippen LogP contribution in [0.25, 0.3) is 0 Å². The molecule has 0 aliphatic carbocycles. The molecular weight excluding hydrogens is 371 g/mol. The van der Waals surface area contributed by atoms with Crippen molar-refractivity contribution in [2.24, 2.45) is 0 Å². The van der Waals surface area contributed by atoms with Crippen LogP contribution in [-0.2, 0) is 20.2 Å². The standard InChI is InChI=1S/C19H23FN2O4S/c1-13(26-17-8-6-5-7-16(17)20)18(23)21-22-27(24,25)15-11-9-14(10-12-15)19(2,3)4/h5-13,22H,1-4H3,(H,21,23)/t13-/m0/s1. The molecule has 0 saturated carbocycles. The summed E-state index contributed by atoms with van der Waals surface area (Å²) in [5.74, 6) is -1.47. The second-order valence-corrected chi connectivity index (χ2v) is 8.74. The van der Waals surface area contributed by atoms with Crippen LogP contribution in [0.2, 0.25) is 0 Å². The first kappa shape index (κ1) is 20.9. The molecule has 2 rings (SSSR count). The third-order valence-corrected chi connectivity index (χ3v) is 5.11. The minimum Gasteiger partial charge on any atom is -0.478 e. The number of para-hydroxylation sites is 1. The van der Waals surface area contributed by atoms with Gasteiger partial charge in [-0.2, -0.15) is 0 Å². The molecule has 0 fully saturated rings. The zero-order chi connectivity index (χ0) is 20.2. The van der Waals surface area contributed by atoms with Crippen molar-refractivity contribution in [3.8, 4) is 5.75 Å². The summed E-state index contributed by atoms with van der Waals surface area (Å²) in [6.45, 7) is 7.44. The molecule has 1 atom stereocenters. The lowest BCUT2D eigenvalue weighted by Gasteiger charge is -2.19. The van der Waals surface area contributed by atoms with E-state index < -0.39 is 27.9 Å². The highest BCUT2D eigenvalue weighted by Crippen LogP contribution is 2.23. The fourth-order valence-electron chi connectivity index (χ4n) is 2.20. The van der Waals surface area contributed by atoms with Crippen molar-refractivity contribution in [3.05, 3.63) is 59.9 Å². The second kappa shape index (κ2) is 8.06. The molecule has 2 aromatic carbocycles. The van der Waals surface area contributed by atoms with Gasteiger partial charge in [0, 0.05) is 0 Å². The Hall–Kier alpha value is -2.45. The Kier molecular flexibility index (Phi) is 6.22. The predicted octanol–water partition coefficient (Wildman–Crippen LogP) is 2.90. The fraction of sp³-hybridized carbons (Fsp3) is 0.316. The second-order valence-electron chi connectivity index (χ2n) is 7.06. The average molecular weight is 394 g/mol. The number of carbonyl (C=O) groups excluding carboxylic acids is 1. The van der Waals surface area contributed by atoms with E-state index in [-0.39, 0.29) is 16.1 Å². The maximum absolute atomic E-state index is 13.6. The average Bonchev–Trinajstić information content (AvgIpc) is 2.61. The first-order valence-corrected chi connectivity index (χ1v) is 9.82. The lowest BCUT2D eigenvalue weighted by Crippen LogP contribution is -2.47. The number of amides is 1. The molecular formula is C19H23FN2O4S. The number of halogens is 1. The SMILES string of the molecule is C[C@H](Oc1ccccc1F)C(=O)NNS(=O)(=O)c1ccc(C(C)(C)C)cc1. The molecule has 8 heteroatoms. The van der Waals surface area contributed by atoms with Crippen LogP contribution in [0, 0.1) is 5.82 Å². The monoisotopic (exact) mass is 394 g/mol. The van der Waals surface area contributed by atoms with Crippen LogP contribution >= 0.6 is 0 Å². The Bertz CT molecular complexity index is 906. The highest BCUT2D eigenvalue weighted by molar-refractivity contribution is 7.89. The molecule has 0 aromatic heterocycles. The van der Waals surface area contributed by atoms with Gasteiger partial charge in [-0.05, 0) is 42.2 Å². The number of carbonyl (C=O) groups is 1. The van der Waals surface area contributed by atoms with Gasteiger partial charge in [0.15, 0.2) is 17.7 Å². The van der Waals surface area contributed by atoms with Gasteiger partial charge < -0.3 is 4.74 Å². The maximum Gasteiger partial charge on any atom is 0.275 e. The third kappa shape index (κ3) is 5.51. The number of benzene rings is 2. The van der Waals surface area contributed by atoms with Gasteiger partial charge in [0.1, 0.15) is 0 Å². The Morgan fingerprint density at radius 2 is 1.67 bits per heavy atom. The largest absolute Gasteiger partial charge is 0.478 e. The van der Waals surface area contributed by atoms with E-state index in [0.29, 0.717) is 0 Å². The minimum atomic E-state index is -3.94. The van der Waals surface area contributed by atoms with Crippen LogP contribution < -0.4 is 15.0 Å². The van der Waals surface area contributed by atoms with Gasteiger partial charge in [0.25, 0.3) is 15.9 Å². The summed E-state index contributed by atoms with van der Waals surface area (Å²) >= 11 is 0.